The summed E-state index contributed by atoms with van der Waals surface area (Å²) in [5.41, 5.74) is 0.964. The third kappa shape index (κ3) is 6.22. The van der Waals surface area contributed by atoms with Gasteiger partial charge in [-0.2, -0.15) is 0 Å². The van der Waals surface area contributed by atoms with Crippen LogP contribution < -0.4 is 5.32 Å². The predicted molar refractivity (Wildman–Crippen MR) is 94.2 cm³/mol. The first kappa shape index (κ1) is 19.5. The maximum absolute atomic E-state index is 12.5. The quantitative estimate of drug-likeness (QED) is 0.786. The van der Waals surface area contributed by atoms with Crippen LogP contribution in [0.15, 0.2) is 24.3 Å². The molecule has 0 radical (unpaired) electrons. The van der Waals surface area contributed by atoms with Crippen molar-refractivity contribution >= 4 is 23.4 Å². The lowest BCUT2D eigenvalue weighted by Gasteiger charge is -2.30. The van der Waals surface area contributed by atoms with Gasteiger partial charge in [0, 0.05) is 24.5 Å². The molecule has 1 aromatic carbocycles. The lowest BCUT2D eigenvalue weighted by molar-refractivity contribution is -0.141. The largest absolute Gasteiger partial charge is 0.354 e. The molecule has 0 aliphatic heterocycles. The molecule has 1 aromatic rings. The Morgan fingerprint density at radius 2 is 1.78 bits per heavy atom. The fourth-order valence-electron chi connectivity index (χ4n) is 2.33. The van der Waals surface area contributed by atoms with E-state index in [1.54, 1.807) is 17.0 Å². The molecule has 1 N–H and O–H groups in total. The average molecular weight is 339 g/mol. The number of hydrogen-bond acceptors (Lipinski definition) is 2. The van der Waals surface area contributed by atoms with Crippen molar-refractivity contribution < 1.29 is 9.59 Å². The van der Waals surface area contributed by atoms with Crippen molar-refractivity contribution in [2.45, 2.75) is 53.1 Å². The molecule has 0 saturated heterocycles. The van der Waals surface area contributed by atoms with Gasteiger partial charge in [-0.1, -0.05) is 51.4 Å². The Hall–Kier alpha value is -1.55. The van der Waals surface area contributed by atoms with E-state index in [-0.39, 0.29) is 11.8 Å². The topological polar surface area (TPSA) is 49.4 Å². The minimum absolute atomic E-state index is 0.0218. The van der Waals surface area contributed by atoms with Gasteiger partial charge in [-0.25, -0.2) is 0 Å². The van der Waals surface area contributed by atoms with Gasteiger partial charge in [0.2, 0.25) is 11.8 Å². The Morgan fingerprint density at radius 1 is 1.17 bits per heavy atom. The second-order valence-corrected chi connectivity index (χ2v) is 6.50. The Morgan fingerprint density at radius 3 is 2.26 bits per heavy atom. The van der Waals surface area contributed by atoms with Crippen LogP contribution >= 0.6 is 11.6 Å². The predicted octanol–water partition coefficient (Wildman–Crippen LogP) is 3.63. The van der Waals surface area contributed by atoms with E-state index in [2.05, 4.69) is 5.32 Å². The van der Waals surface area contributed by atoms with Crippen molar-refractivity contribution in [3.63, 3.8) is 0 Å². The maximum atomic E-state index is 12.5. The molecule has 1 rings (SSSR count). The normalized spacial score (nSPS) is 12.1. The molecule has 0 spiro atoms. The zero-order valence-corrected chi connectivity index (χ0v) is 15.2. The molecule has 2 amide bonds. The van der Waals surface area contributed by atoms with Gasteiger partial charge >= 0.3 is 0 Å². The van der Waals surface area contributed by atoms with Crippen LogP contribution in [-0.4, -0.2) is 29.3 Å². The molecule has 0 aromatic heterocycles. The highest BCUT2D eigenvalue weighted by atomic mass is 35.5. The smallest absolute Gasteiger partial charge is 0.242 e. The molecular formula is C18H27ClN2O2. The molecule has 0 bridgehead atoms. The number of benzene rings is 1. The van der Waals surface area contributed by atoms with Crippen LogP contribution in [0.5, 0.6) is 0 Å². The lowest BCUT2D eigenvalue weighted by Crippen LogP contribution is -2.49. The van der Waals surface area contributed by atoms with Crippen molar-refractivity contribution in [2.75, 3.05) is 6.54 Å². The summed E-state index contributed by atoms with van der Waals surface area (Å²) in [6.45, 7) is 8.86. The molecule has 1 atom stereocenters. The Kier molecular flexibility index (Phi) is 8.10. The zero-order valence-electron chi connectivity index (χ0n) is 14.4. The van der Waals surface area contributed by atoms with Crippen molar-refractivity contribution in [3.8, 4) is 0 Å². The Balaban J connectivity index is 2.91. The molecule has 0 saturated carbocycles. The van der Waals surface area contributed by atoms with E-state index in [0.717, 1.165) is 5.56 Å². The first-order valence-corrected chi connectivity index (χ1v) is 8.58. The molecule has 0 aliphatic rings. The molecule has 5 heteroatoms. The molecular weight excluding hydrogens is 312 g/mol. The second kappa shape index (κ2) is 9.56. The summed E-state index contributed by atoms with van der Waals surface area (Å²) >= 11 is 5.90. The number of carbonyl (C=O) groups excluding carboxylic acids is 2. The molecule has 23 heavy (non-hydrogen) atoms. The van der Waals surface area contributed by atoms with Crippen molar-refractivity contribution in [1.82, 2.24) is 10.2 Å². The Labute approximate surface area is 144 Å². The third-order valence-electron chi connectivity index (χ3n) is 3.64. The standard InChI is InChI=1S/C18H27ClN2O2/c1-5-16(18(23)20-11-13(3)4)21(17(22)6-2)12-14-7-9-15(19)10-8-14/h7-10,13,16H,5-6,11-12H2,1-4H3,(H,20,23). The van der Waals surface area contributed by atoms with Crippen LogP contribution in [0.4, 0.5) is 0 Å². The van der Waals surface area contributed by atoms with Crippen LogP contribution in [-0.2, 0) is 16.1 Å². The zero-order chi connectivity index (χ0) is 17.4. The monoisotopic (exact) mass is 338 g/mol. The van der Waals surface area contributed by atoms with E-state index in [4.69, 9.17) is 11.6 Å². The van der Waals surface area contributed by atoms with Crippen LogP contribution in [0.3, 0.4) is 0 Å². The summed E-state index contributed by atoms with van der Waals surface area (Å²) in [6, 6.07) is 6.92. The molecule has 4 nitrogen and oxygen atoms in total. The highest BCUT2D eigenvalue weighted by molar-refractivity contribution is 6.30. The number of hydrogen-bond donors (Lipinski definition) is 1. The molecule has 128 valence electrons. The number of rotatable bonds is 8. The first-order chi connectivity index (χ1) is 10.9. The van der Waals surface area contributed by atoms with Gasteiger partial charge in [0.25, 0.3) is 0 Å². The molecule has 0 aliphatic carbocycles. The van der Waals surface area contributed by atoms with Crippen molar-refractivity contribution in [2.24, 2.45) is 5.92 Å². The van der Waals surface area contributed by atoms with Crippen LogP contribution in [0.25, 0.3) is 0 Å². The van der Waals surface area contributed by atoms with E-state index in [1.807, 2.05) is 39.8 Å². The maximum Gasteiger partial charge on any atom is 0.242 e. The summed E-state index contributed by atoms with van der Waals surface area (Å²) in [5, 5.41) is 3.59. The molecule has 0 heterocycles. The van der Waals surface area contributed by atoms with Gasteiger partial charge in [0.05, 0.1) is 0 Å². The number of halogens is 1. The number of nitrogens with zero attached hydrogens (tertiary/aromatic N) is 1. The minimum Gasteiger partial charge on any atom is -0.354 e. The Bertz CT molecular complexity index is 514. The first-order valence-electron chi connectivity index (χ1n) is 8.20. The highest BCUT2D eigenvalue weighted by Gasteiger charge is 2.27. The van der Waals surface area contributed by atoms with E-state index in [0.29, 0.717) is 36.9 Å². The lowest BCUT2D eigenvalue weighted by atomic mass is 10.1. The third-order valence-corrected chi connectivity index (χ3v) is 3.89. The molecule has 1 unspecified atom stereocenters. The van der Waals surface area contributed by atoms with Gasteiger partial charge in [-0.3, -0.25) is 9.59 Å². The van der Waals surface area contributed by atoms with Gasteiger partial charge in [-0.05, 0) is 30.0 Å². The van der Waals surface area contributed by atoms with Crippen LogP contribution in [0.2, 0.25) is 5.02 Å². The van der Waals surface area contributed by atoms with Gasteiger partial charge in [0.15, 0.2) is 0 Å². The number of carbonyl (C=O) groups is 2. The van der Waals surface area contributed by atoms with Crippen molar-refractivity contribution in [3.05, 3.63) is 34.9 Å². The summed E-state index contributed by atoms with van der Waals surface area (Å²) in [5.74, 6) is 0.270. The SMILES string of the molecule is CCC(=O)N(Cc1ccc(Cl)cc1)C(CC)C(=O)NCC(C)C. The van der Waals surface area contributed by atoms with Gasteiger partial charge in [-0.15, -0.1) is 0 Å². The summed E-state index contributed by atoms with van der Waals surface area (Å²) in [4.78, 5) is 26.5. The fraction of sp³-hybridized carbons (Fsp3) is 0.556. The highest BCUT2D eigenvalue weighted by Crippen LogP contribution is 2.16. The number of amides is 2. The van der Waals surface area contributed by atoms with Gasteiger partial charge < -0.3 is 10.2 Å². The fourth-order valence-corrected chi connectivity index (χ4v) is 2.46. The van der Waals surface area contributed by atoms with Gasteiger partial charge in [0.1, 0.15) is 6.04 Å². The summed E-state index contributed by atoms with van der Waals surface area (Å²) in [7, 11) is 0. The van der Waals surface area contributed by atoms with E-state index >= 15 is 0 Å². The second-order valence-electron chi connectivity index (χ2n) is 6.06. The summed E-state index contributed by atoms with van der Waals surface area (Å²) < 4.78 is 0. The van der Waals surface area contributed by atoms with E-state index < -0.39 is 6.04 Å². The molecule has 0 fully saturated rings. The number of nitrogens with one attached hydrogen (secondary N) is 1. The van der Waals surface area contributed by atoms with E-state index in [9.17, 15) is 9.59 Å². The van der Waals surface area contributed by atoms with Crippen LogP contribution in [0, 0.1) is 5.92 Å². The van der Waals surface area contributed by atoms with E-state index in [1.165, 1.54) is 0 Å². The van der Waals surface area contributed by atoms with Crippen LogP contribution in [0.1, 0.15) is 46.1 Å². The minimum atomic E-state index is -0.447. The summed E-state index contributed by atoms with van der Waals surface area (Å²) in [6.07, 6.45) is 0.963. The average Bonchev–Trinajstić information content (AvgIpc) is 2.53. The van der Waals surface area contributed by atoms with Crippen molar-refractivity contribution in [1.29, 1.82) is 0 Å².